The molecule has 4 rings (SSSR count). The van der Waals surface area contributed by atoms with Crippen molar-refractivity contribution < 1.29 is 9.53 Å². The number of nitrogens with zero attached hydrogens (tertiary/aromatic N) is 1. The van der Waals surface area contributed by atoms with Crippen LogP contribution in [0.1, 0.15) is 37.7 Å². The summed E-state index contributed by atoms with van der Waals surface area (Å²) in [5, 5.41) is 4.73. The highest BCUT2D eigenvalue weighted by atomic mass is 35.5. The van der Waals surface area contributed by atoms with Crippen LogP contribution in [0.3, 0.4) is 0 Å². The molecule has 1 amide bonds. The predicted octanol–water partition coefficient (Wildman–Crippen LogP) is 3.86. The normalized spacial score (nSPS) is 20.8. The van der Waals surface area contributed by atoms with Gasteiger partial charge < -0.3 is 15.0 Å². The van der Waals surface area contributed by atoms with E-state index in [1.165, 1.54) is 32.1 Å². The lowest BCUT2D eigenvalue weighted by Crippen LogP contribution is -2.32. The zero-order chi connectivity index (χ0) is 17.9. The first-order valence-corrected chi connectivity index (χ1v) is 9.83. The molecule has 2 aliphatic rings. The number of H-pyrrole nitrogens is 1. The number of aromatic nitrogens is 1. The van der Waals surface area contributed by atoms with Gasteiger partial charge in [-0.1, -0.05) is 30.9 Å². The fourth-order valence-electron chi connectivity index (χ4n) is 4.02. The van der Waals surface area contributed by atoms with Crippen molar-refractivity contribution in [2.24, 2.45) is 10.9 Å². The Hall–Kier alpha value is -2.01. The molecule has 1 aromatic heterocycles. The van der Waals surface area contributed by atoms with Gasteiger partial charge in [0.2, 0.25) is 0 Å². The van der Waals surface area contributed by atoms with Gasteiger partial charge in [-0.25, -0.2) is 4.99 Å². The molecule has 2 N–H and O–H groups in total. The second-order valence-corrected chi connectivity index (χ2v) is 7.66. The smallest absolute Gasteiger partial charge is 0.306 e. The van der Waals surface area contributed by atoms with E-state index in [0.29, 0.717) is 24.1 Å². The Morgan fingerprint density at radius 3 is 3.00 bits per heavy atom. The highest BCUT2D eigenvalue weighted by molar-refractivity contribution is 6.35. The van der Waals surface area contributed by atoms with Crippen LogP contribution in [0.4, 0.5) is 0 Å². The maximum atomic E-state index is 12.3. The van der Waals surface area contributed by atoms with Crippen LogP contribution in [-0.4, -0.2) is 36.0 Å². The van der Waals surface area contributed by atoms with Crippen molar-refractivity contribution in [1.82, 2.24) is 10.3 Å². The van der Waals surface area contributed by atoms with Gasteiger partial charge in [-0.05, 0) is 48.9 Å². The first-order valence-electron chi connectivity index (χ1n) is 9.45. The minimum Gasteiger partial charge on any atom is -0.472 e. The van der Waals surface area contributed by atoms with Gasteiger partial charge in [-0.2, -0.15) is 0 Å². The largest absolute Gasteiger partial charge is 0.472 e. The van der Waals surface area contributed by atoms with Crippen LogP contribution >= 0.6 is 11.6 Å². The maximum absolute atomic E-state index is 12.3. The van der Waals surface area contributed by atoms with Gasteiger partial charge in [0.05, 0.1) is 6.04 Å². The number of carbonyl (C=O) groups is 1. The summed E-state index contributed by atoms with van der Waals surface area (Å²) >= 11 is 6.08. The third kappa shape index (κ3) is 3.73. The standard InChI is InChI=1S/C20H24ClN3O2/c21-15-6-7-17-16(10-15)14(11-23-17)8-9-22-19(25)20-24-18(12-26-20)13-4-2-1-3-5-13/h6-7,10-11,13,18,23H,1-5,8-9,12H2,(H,22,25). The van der Waals surface area contributed by atoms with Crippen LogP contribution in [-0.2, 0) is 16.0 Å². The first kappa shape index (κ1) is 17.4. The van der Waals surface area contributed by atoms with Crippen molar-refractivity contribution >= 4 is 34.3 Å². The fraction of sp³-hybridized carbons (Fsp3) is 0.500. The second kappa shape index (κ2) is 7.70. The molecule has 6 heteroatoms. The summed E-state index contributed by atoms with van der Waals surface area (Å²) in [6.07, 6.45) is 8.96. The summed E-state index contributed by atoms with van der Waals surface area (Å²) in [4.78, 5) is 20.1. The maximum Gasteiger partial charge on any atom is 0.306 e. The Morgan fingerprint density at radius 2 is 2.15 bits per heavy atom. The Bertz CT molecular complexity index is 824. The lowest BCUT2D eigenvalue weighted by atomic mass is 9.84. The third-order valence-corrected chi connectivity index (χ3v) is 5.71. The average Bonchev–Trinajstić information content (AvgIpc) is 3.30. The predicted molar refractivity (Wildman–Crippen MR) is 104 cm³/mol. The van der Waals surface area contributed by atoms with E-state index < -0.39 is 0 Å². The number of amides is 1. The van der Waals surface area contributed by atoms with E-state index in [1.54, 1.807) is 0 Å². The molecule has 1 aromatic carbocycles. The van der Waals surface area contributed by atoms with Crippen molar-refractivity contribution in [3.05, 3.63) is 35.0 Å². The van der Waals surface area contributed by atoms with Crippen molar-refractivity contribution in [2.75, 3.05) is 13.2 Å². The molecule has 1 aliphatic heterocycles. The Labute approximate surface area is 158 Å². The average molecular weight is 374 g/mol. The number of rotatable bonds is 5. The van der Waals surface area contributed by atoms with Gasteiger partial charge >= 0.3 is 5.91 Å². The van der Waals surface area contributed by atoms with Crippen LogP contribution in [0, 0.1) is 5.92 Å². The molecule has 0 saturated heterocycles. The summed E-state index contributed by atoms with van der Waals surface area (Å²) in [6.45, 7) is 1.09. The van der Waals surface area contributed by atoms with E-state index in [1.807, 2.05) is 24.4 Å². The summed E-state index contributed by atoms with van der Waals surface area (Å²) in [5.74, 6) is 0.619. The van der Waals surface area contributed by atoms with E-state index in [9.17, 15) is 4.79 Å². The molecular formula is C20H24ClN3O2. The molecule has 2 heterocycles. The van der Waals surface area contributed by atoms with Crippen LogP contribution in [0.15, 0.2) is 29.4 Å². The monoisotopic (exact) mass is 373 g/mol. The Morgan fingerprint density at radius 1 is 1.31 bits per heavy atom. The van der Waals surface area contributed by atoms with E-state index in [2.05, 4.69) is 15.3 Å². The van der Waals surface area contributed by atoms with Crippen LogP contribution < -0.4 is 5.32 Å². The number of ether oxygens (including phenoxy) is 1. The fourth-order valence-corrected chi connectivity index (χ4v) is 4.19. The van der Waals surface area contributed by atoms with Gasteiger partial charge in [-0.3, -0.25) is 4.79 Å². The summed E-state index contributed by atoms with van der Waals surface area (Å²) in [6, 6.07) is 5.94. The molecule has 1 fully saturated rings. The quantitative estimate of drug-likeness (QED) is 0.835. The van der Waals surface area contributed by atoms with Gasteiger partial charge in [0.15, 0.2) is 0 Å². The lowest BCUT2D eigenvalue weighted by Gasteiger charge is -2.24. The van der Waals surface area contributed by atoms with Gasteiger partial charge in [0, 0.05) is 28.7 Å². The number of fused-ring (bicyclic) bond motifs is 1. The molecule has 0 bridgehead atoms. The molecule has 1 atom stereocenters. The zero-order valence-electron chi connectivity index (χ0n) is 14.8. The number of nitrogens with one attached hydrogen (secondary N) is 2. The molecule has 1 aliphatic carbocycles. The zero-order valence-corrected chi connectivity index (χ0v) is 15.5. The molecule has 138 valence electrons. The third-order valence-electron chi connectivity index (χ3n) is 5.47. The van der Waals surface area contributed by atoms with Crippen LogP contribution in [0.25, 0.3) is 10.9 Å². The minimum absolute atomic E-state index is 0.159. The molecule has 1 unspecified atom stereocenters. The number of hydrogen-bond donors (Lipinski definition) is 2. The summed E-state index contributed by atoms with van der Waals surface area (Å²) in [5.41, 5.74) is 2.19. The molecule has 0 radical (unpaired) electrons. The lowest BCUT2D eigenvalue weighted by molar-refractivity contribution is -0.116. The number of benzene rings is 1. The molecule has 1 saturated carbocycles. The second-order valence-electron chi connectivity index (χ2n) is 7.22. The Balaban J connectivity index is 1.31. The van der Waals surface area contributed by atoms with Crippen LogP contribution in [0.2, 0.25) is 5.02 Å². The summed E-state index contributed by atoms with van der Waals surface area (Å²) < 4.78 is 5.57. The number of hydrogen-bond acceptors (Lipinski definition) is 3. The number of aliphatic imine (C=N–C) groups is 1. The SMILES string of the molecule is O=C(NCCc1c[nH]c2ccc(Cl)cc12)C1=NC(C2CCCCC2)CO1. The molecular weight excluding hydrogens is 350 g/mol. The molecule has 26 heavy (non-hydrogen) atoms. The van der Waals surface area contributed by atoms with E-state index >= 15 is 0 Å². The first-order chi connectivity index (χ1) is 12.7. The number of aromatic amines is 1. The number of halogens is 1. The van der Waals surface area contributed by atoms with Crippen molar-refractivity contribution in [2.45, 2.75) is 44.6 Å². The highest BCUT2D eigenvalue weighted by Gasteiger charge is 2.31. The van der Waals surface area contributed by atoms with Gasteiger partial charge in [-0.15, -0.1) is 0 Å². The van der Waals surface area contributed by atoms with Crippen molar-refractivity contribution in [3.8, 4) is 0 Å². The van der Waals surface area contributed by atoms with Crippen molar-refractivity contribution in [3.63, 3.8) is 0 Å². The Kier molecular flexibility index (Phi) is 5.16. The minimum atomic E-state index is -0.207. The van der Waals surface area contributed by atoms with E-state index in [4.69, 9.17) is 16.3 Å². The molecule has 2 aromatic rings. The molecule has 0 spiro atoms. The highest BCUT2D eigenvalue weighted by Crippen LogP contribution is 2.30. The van der Waals surface area contributed by atoms with Gasteiger partial charge in [0.1, 0.15) is 6.61 Å². The summed E-state index contributed by atoms with van der Waals surface area (Å²) in [7, 11) is 0. The van der Waals surface area contributed by atoms with E-state index in [0.717, 1.165) is 22.9 Å². The number of carbonyl (C=O) groups excluding carboxylic acids is 1. The topological polar surface area (TPSA) is 66.5 Å². The van der Waals surface area contributed by atoms with E-state index in [-0.39, 0.29) is 17.8 Å². The van der Waals surface area contributed by atoms with Gasteiger partial charge in [0.25, 0.3) is 5.90 Å². The van der Waals surface area contributed by atoms with Crippen LogP contribution in [0.5, 0.6) is 0 Å². The molecule has 5 nitrogen and oxygen atoms in total. The van der Waals surface area contributed by atoms with Crippen molar-refractivity contribution in [1.29, 1.82) is 0 Å².